The molecule has 0 radical (unpaired) electrons. The standard InChI is InChI=1S/C23H37N3O2/c1-24-10-12-26(13-11-24)14-15-28-20-6-7-21-19(16-20)17-25(2)18-22(21)23(27)8-4-3-5-9-23/h6-7,16,22,27H,3-5,8-15,17-18H2,1-2H3. The zero-order valence-electron chi connectivity index (χ0n) is 17.7. The highest BCUT2D eigenvalue weighted by atomic mass is 16.5. The van der Waals surface area contributed by atoms with E-state index in [2.05, 4.69) is 47.0 Å². The molecule has 4 rings (SSSR count). The molecule has 2 heterocycles. The van der Waals surface area contributed by atoms with E-state index >= 15 is 0 Å². The van der Waals surface area contributed by atoms with Crippen molar-refractivity contribution >= 4 is 0 Å². The van der Waals surface area contributed by atoms with Gasteiger partial charge in [-0.1, -0.05) is 25.3 Å². The van der Waals surface area contributed by atoms with Crippen molar-refractivity contribution in [3.63, 3.8) is 0 Å². The quantitative estimate of drug-likeness (QED) is 0.841. The van der Waals surface area contributed by atoms with Crippen LogP contribution in [0, 0.1) is 0 Å². The second-order valence-corrected chi connectivity index (χ2v) is 9.27. The summed E-state index contributed by atoms with van der Waals surface area (Å²) in [5.74, 6) is 1.19. The maximum atomic E-state index is 11.4. The van der Waals surface area contributed by atoms with E-state index in [0.29, 0.717) is 0 Å². The fourth-order valence-electron chi connectivity index (χ4n) is 5.25. The van der Waals surface area contributed by atoms with Crippen molar-refractivity contribution in [3.8, 4) is 5.75 Å². The van der Waals surface area contributed by atoms with Gasteiger partial charge in [0.25, 0.3) is 0 Å². The van der Waals surface area contributed by atoms with E-state index in [9.17, 15) is 5.11 Å². The molecule has 5 heteroatoms. The van der Waals surface area contributed by atoms with E-state index in [0.717, 1.165) is 83.9 Å². The van der Waals surface area contributed by atoms with Crippen LogP contribution in [0.5, 0.6) is 5.75 Å². The Morgan fingerprint density at radius 2 is 1.79 bits per heavy atom. The normalized spacial score (nSPS) is 26.8. The summed E-state index contributed by atoms with van der Waals surface area (Å²) in [5, 5.41) is 11.4. The Balaban J connectivity index is 1.40. The number of nitrogens with zero attached hydrogens (tertiary/aromatic N) is 3. The summed E-state index contributed by atoms with van der Waals surface area (Å²) in [4.78, 5) is 7.22. The van der Waals surface area contributed by atoms with Crippen LogP contribution in [0.3, 0.4) is 0 Å². The molecule has 1 saturated heterocycles. The van der Waals surface area contributed by atoms with Crippen molar-refractivity contribution < 1.29 is 9.84 Å². The van der Waals surface area contributed by atoms with Gasteiger partial charge in [0.1, 0.15) is 12.4 Å². The molecule has 1 N–H and O–H groups in total. The topological polar surface area (TPSA) is 39.2 Å². The zero-order valence-corrected chi connectivity index (χ0v) is 17.7. The minimum Gasteiger partial charge on any atom is -0.492 e. The molecular weight excluding hydrogens is 350 g/mol. The maximum Gasteiger partial charge on any atom is 0.119 e. The Kier molecular flexibility index (Phi) is 6.26. The van der Waals surface area contributed by atoms with Gasteiger partial charge in [-0.25, -0.2) is 0 Å². The highest BCUT2D eigenvalue weighted by Crippen LogP contribution is 2.44. The Hall–Kier alpha value is -1.14. The lowest BCUT2D eigenvalue weighted by atomic mass is 9.70. The van der Waals surface area contributed by atoms with Gasteiger partial charge in [0.05, 0.1) is 5.60 Å². The first-order chi connectivity index (χ1) is 13.5. The first-order valence-corrected chi connectivity index (χ1v) is 11.1. The van der Waals surface area contributed by atoms with Gasteiger partial charge in [-0.05, 0) is 50.2 Å². The van der Waals surface area contributed by atoms with E-state index < -0.39 is 5.60 Å². The largest absolute Gasteiger partial charge is 0.492 e. The Labute approximate surface area is 170 Å². The van der Waals surface area contributed by atoms with Crippen LogP contribution in [0.4, 0.5) is 0 Å². The fraction of sp³-hybridized carbons (Fsp3) is 0.739. The molecular formula is C23H37N3O2. The van der Waals surface area contributed by atoms with Gasteiger partial charge >= 0.3 is 0 Å². The molecule has 0 amide bonds. The number of ether oxygens (including phenoxy) is 1. The molecule has 1 unspecified atom stereocenters. The molecule has 5 nitrogen and oxygen atoms in total. The zero-order chi connectivity index (χ0) is 19.6. The Morgan fingerprint density at radius 3 is 2.54 bits per heavy atom. The third-order valence-corrected chi connectivity index (χ3v) is 7.06. The molecule has 1 aliphatic carbocycles. The number of likely N-dealkylation sites (N-methyl/N-ethyl adjacent to an activating group) is 2. The van der Waals surface area contributed by atoms with Crippen molar-refractivity contribution in [1.29, 1.82) is 0 Å². The van der Waals surface area contributed by atoms with Gasteiger partial charge in [0.15, 0.2) is 0 Å². The summed E-state index contributed by atoms with van der Waals surface area (Å²) in [5.41, 5.74) is 2.13. The van der Waals surface area contributed by atoms with Crippen molar-refractivity contribution in [2.45, 2.75) is 50.2 Å². The van der Waals surface area contributed by atoms with Crippen molar-refractivity contribution in [1.82, 2.24) is 14.7 Å². The maximum absolute atomic E-state index is 11.4. The monoisotopic (exact) mass is 387 g/mol. The second kappa shape index (κ2) is 8.70. The number of benzene rings is 1. The molecule has 0 spiro atoms. The van der Waals surface area contributed by atoms with Crippen LogP contribution in [0.1, 0.15) is 49.1 Å². The summed E-state index contributed by atoms with van der Waals surface area (Å²) in [6.45, 7) is 8.19. The van der Waals surface area contributed by atoms with Gasteiger partial charge in [-0.15, -0.1) is 0 Å². The molecule has 156 valence electrons. The molecule has 1 aromatic carbocycles. The summed E-state index contributed by atoms with van der Waals surface area (Å²) in [6.07, 6.45) is 5.44. The van der Waals surface area contributed by atoms with E-state index in [-0.39, 0.29) is 5.92 Å². The number of piperazine rings is 1. The lowest BCUT2D eigenvalue weighted by Gasteiger charge is -2.44. The minimum absolute atomic E-state index is 0.223. The summed E-state index contributed by atoms with van der Waals surface area (Å²) < 4.78 is 6.11. The number of rotatable bonds is 5. The van der Waals surface area contributed by atoms with Crippen molar-refractivity contribution in [2.24, 2.45) is 0 Å². The van der Waals surface area contributed by atoms with Gasteiger partial charge in [0.2, 0.25) is 0 Å². The summed E-state index contributed by atoms with van der Waals surface area (Å²) in [6, 6.07) is 6.56. The second-order valence-electron chi connectivity index (χ2n) is 9.27. The molecule has 28 heavy (non-hydrogen) atoms. The van der Waals surface area contributed by atoms with E-state index in [1.165, 1.54) is 17.5 Å². The fourth-order valence-corrected chi connectivity index (χ4v) is 5.25. The number of fused-ring (bicyclic) bond motifs is 1. The van der Waals surface area contributed by atoms with Crippen LogP contribution in [-0.2, 0) is 6.54 Å². The third kappa shape index (κ3) is 4.54. The molecule has 0 aromatic heterocycles. The molecule has 1 aromatic rings. The van der Waals surface area contributed by atoms with Crippen LogP contribution in [-0.4, -0.2) is 85.4 Å². The van der Waals surface area contributed by atoms with E-state index in [1.54, 1.807) is 0 Å². The first kappa shape index (κ1) is 20.1. The number of hydrogen-bond acceptors (Lipinski definition) is 5. The van der Waals surface area contributed by atoms with Crippen LogP contribution >= 0.6 is 0 Å². The third-order valence-electron chi connectivity index (χ3n) is 7.06. The molecule has 1 saturated carbocycles. The average molecular weight is 388 g/mol. The molecule has 1 atom stereocenters. The average Bonchev–Trinajstić information content (AvgIpc) is 2.69. The van der Waals surface area contributed by atoms with Crippen LogP contribution in [0.25, 0.3) is 0 Å². The Bertz CT molecular complexity index is 651. The summed E-state index contributed by atoms with van der Waals surface area (Å²) >= 11 is 0. The predicted molar refractivity (Wildman–Crippen MR) is 113 cm³/mol. The van der Waals surface area contributed by atoms with Crippen molar-refractivity contribution in [3.05, 3.63) is 29.3 Å². The minimum atomic E-state index is -0.536. The highest BCUT2D eigenvalue weighted by molar-refractivity contribution is 5.41. The Morgan fingerprint density at radius 1 is 1.04 bits per heavy atom. The SMILES string of the molecule is CN1CCN(CCOc2ccc3c(c2)CN(C)CC3C2(O)CCCCC2)CC1. The van der Waals surface area contributed by atoms with Gasteiger partial charge in [-0.3, -0.25) is 4.90 Å². The lowest BCUT2D eigenvalue weighted by Crippen LogP contribution is -2.46. The van der Waals surface area contributed by atoms with Gasteiger partial charge in [0, 0.05) is 51.7 Å². The first-order valence-electron chi connectivity index (χ1n) is 11.1. The van der Waals surface area contributed by atoms with Crippen LogP contribution in [0.2, 0.25) is 0 Å². The lowest BCUT2D eigenvalue weighted by molar-refractivity contribution is -0.0333. The number of aliphatic hydroxyl groups is 1. The molecule has 3 aliphatic rings. The molecule has 2 aliphatic heterocycles. The van der Waals surface area contributed by atoms with Crippen LogP contribution in [0.15, 0.2) is 18.2 Å². The molecule has 2 fully saturated rings. The summed E-state index contributed by atoms with van der Waals surface area (Å²) in [7, 11) is 4.36. The van der Waals surface area contributed by atoms with Gasteiger partial charge in [-0.2, -0.15) is 0 Å². The predicted octanol–water partition coefficient (Wildman–Crippen LogP) is 2.54. The van der Waals surface area contributed by atoms with Crippen LogP contribution < -0.4 is 4.74 Å². The highest BCUT2D eigenvalue weighted by Gasteiger charge is 2.41. The molecule has 0 bridgehead atoms. The van der Waals surface area contributed by atoms with Gasteiger partial charge < -0.3 is 19.6 Å². The van der Waals surface area contributed by atoms with E-state index in [4.69, 9.17) is 4.74 Å². The number of hydrogen-bond donors (Lipinski definition) is 1. The smallest absolute Gasteiger partial charge is 0.119 e. The van der Waals surface area contributed by atoms with E-state index in [1.807, 2.05) is 0 Å². The van der Waals surface area contributed by atoms with Crippen molar-refractivity contribution in [2.75, 3.05) is 60.0 Å².